The number of thiophene rings is 1. The maximum atomic E-state index is 12.8. The molecule has 0 unspecified atom stereocenters. The second-order valence-corrected chi connectivity index (χ2v) is 12.0. The molecule has 9 nitrogen and oxygen atoms in total. The number of fused-ring (bicyclic) bond motifs is 1. The third-order valence-electron chi connectivity index (χ3n) is 7.15. The van der Waals surface area contributed by atoms with Crippen molar-refractivity contribution in [2.75, 3.05) is 18.4 Å². The maximum Gasteiger partial charge on any atom is 0.271 e. The summed E-state index contributed by atoms with van der Waals surface area (Å²) in [6.07, 6.45) is 5.37. The average molecular weight is 529 g/mol. The SMILES string of the molecule is CC(=O)N1CCC(NC(=O)c2cc(Cc3nc(NC4CCC(C)(O)CC4)c4sccc4n3)sn2)CC1. The van der Waals surface area contributed by atoms with Gasteiger partial charge in [0.15, 0.2) is 0 Å². The maximum absolute atomic E-state index is 12.8. The Balaban J connectivity index is 1.23. The first-order valence-electron chi connectivity index (χ1n) is 12.5. The molecule has 0 aromatic carbocycles. The lowest BCUT2D eigenvalue weighted by Gasteiger charge is -2.33. The first-order valence-corrected chi connectivity index (χ1v) is 14.2. The Hall–Kier alpha value is -2.63. The highest BCUT2D eigenvalue weighted by molar-refractivity contribution is 7.17. The van der Waals surface area contributed by atoms with E-state index in [9.17, 15) is 14.7 Å². The molecule has 2 fully saturated rings. The van der Waals surface area contributed by atoms with Crippen molar-refractivity contribution in [3.05, 3.63) is 33.9 Å². The number of likely N-dealkylation sites (tertiary alicyclic amines) is 1. The molecule has 2 amide bonds. The fourth-order valence-corrected chi connectivity index (χ4v) is 6.42. The number of amides is 2. The Morgan fingerprint density at radius 2 is 1.92 bits per heavy atom. The quantitative estimate of drug-likeness (QED) is 0.447. The lowest BCUT2D eigenvalue weighted by Crippen LogP contribution is -2.46. The van der Waals surface area contributed by atoms with Crippen molar-refractivity contribution in [2.24, 2.45) is 0 Å². The number of aromatic nitrogens is 3. The molecule has 3 N–H and O–H groups in total. The van der Waals surface area contributed by atoms with Gasteiger partial charge in [-0.15, -0.1) is 11.3 Å². The van der Waals surface area contributed by atoms with Gasteiger partial charge in [-0.2, -0.15) is 4.37 Å². The zero-order valence-corrected chi connectivity index (χ0v) is 22.3. The minimum absolute atomic E-state index is 0.0553. The van der Waals surface area contributed by atoms with Crippen LogP contribution in [0.5, 0.6) is 0 Å². The molecule has 1 saturated carbocycles. The van der Waals surface area contributed by atoms with E-state index in [-0.39, 0.29) is 23.9 Å². The van der Waals surface area contributed by atoms with Crippen LogP contribution in [0, 0.1) is 0 Å². The molecule has 3 aromatic rings. The van der Waals surface area contributed by atoms with Crippen molar-refractivity contribution in [1.82, 2.24) is 24.6 Å². The summed E-state index contributed by atoms with van der Waals surface area (Å²) in [5.41, 5.74) is 0.748. The van der Waals surface area contributed by atoms with Crippen molar-refractivity contribution in [3.8, 4) is 0 Å². The third-order valence-corrected chi connectivity index (χ3v) is 8.85. The molecule has 36 heavy (non-hydrogen) atoms. The van der Waals surface area contributed by atoms with Crippen LogP contribution in [0.25, 0.3) is 10.2 Å². The normalized spacial score (nSPS) is 23.1. The molecule has 2 aliphatic rings. The molecule has 0 radical (unpaired) electrons. The van der Waals surface area contributed by atoms with Gasteiger partial charge in [-0.05, 0) is 74.5 Å². The van der Waals surface area contributed by atoms with Crippen molar-refractivity contribution in [2.45, 2.75) is 76.5 Å². The first-order chi connectivity index (χ1) is 17.3. The van der Waals surface area contributed by atoms with Crippen LogP contribution in [0.3, 0.4) is 0 Å². The lowest BCUT2D eigenvalue weighted by atomic mass is 9.84. The second kappa shape index (κ2) is 10.4. The number of nitrogens with zero attached hydrogens (tertiary/aromatic N) is 4. The summed E-state index contributed by atoms with van der Waals surface area (Å²) in [6.45, 7) is 4.82. The molecule has 0 atom stereocenters. The van der Waals surface area contributed by atoms with Crippen LogP contribution in [-0.2, 0) is 11.2 Å². The predicted octanol–water partition coefficient (Wildman–Crippen LogP) is 3.58. The smallest absolute Gasteiger partial charge is 0.271 e. The van der Waals surface area contributed by atoms with Crippen LogP contribution >= 0.6 is 22.9 Å². The predicted molar refractivity (Wildman–Crippen MR) is 142 cm³/mol. The van der Waals surface area contributed by atoms with E-state index in [0.29, 0.717) is 31.0 Å². The number of carbonyl (C=O) groups excluding carboxylic acids is 2. The number of nitrogens with one attached hydrogen (secondary N) is 2. The highest BCUT2D eigenvalue weighted by Crippen LogP contribution is 2.32. The molecule has 1 aliphatic heterocycles. The molecule has 4 heterocycles. The van der Waals surface area contributed by atoms with Crippen molar-refractivity contribution in [3.63, 3.8) is 0 Å². The Morgan fingerprint density at radius 1 is 1.17 bits per heavy atom. The van der Waals surface area contributed by atoms with Crippen LogP contribution < -0.4 is 10.6 Å². The fraction of sp³-hybridized carbons (Fsp3) is 0.560. The van der Waals surface area contributed by atoms with Crippen LogP contribution in [0.2, 0.25) is 0 Å². The molecular formula is C25H32N6O3S2. The standard InChI is InChI=1S/C25H32N6O3S2/c1-15(32)31-10-5-17(6-11-31)27-24(33)20-13-18(36-30-20)14-21-28-19-7-12-35-22(19)23(29-21)26-16-3-8-25(2,34)9-4-16/h7,12-13,16-17,34H,3-6,8-11,14H2,1-2H3,(H,27,33)(H,26,28,29). The van der Waals surface area contributed by atoms with Gasteiger partial charge in [-0.3, -0.25) is 9.59 Å². The van der Waals surface area contributed by atoms with Gasteiger partial charge in [-0.25, -0.2) is 9.97 Å². The molecule has 3 aromatic heterocycles. The number of carbonyl (C=O) groups is 2. The summed E-state index contributed by atoms with van der Waals surface area (Å²) in [5.74, 6) is 1.44. The summed E-state index contributed by atoms with van der Waals surface area (Å²) in [6, 6.07) is 4.16. The Kier molecular flexibility index (Phi) is 7.23. The van der Waals surface area contributed by atoms with Crippen molar-refractivity contribution in [1.29, 1.82) is 0 Å². The summed E-state index contributed by atoms with van der Waals surface area (Å²) < 4.78 is 5.41. The van der Waals surface area contributed by atoms with E-state index in [0.717, 1.165) is 59.4 Å². The van der Waals surface area contributed by atoms with Crippen molar-refractivity contribution < 1.29 is 14.7 Å². The Labute approximate surface area is 218 Å². The Bertz CT molecular complexity index is 1240. The zero-order chi connectivity index (χ0) is 25.3. The monoisotopic (exact) mass is 528 g/mol. The van der Waals surface area contributed by atoms with Crippen LogP contribution in [-0.4, -0.2) is 66.9 Å². The number of aliphatic hydroxyl groups is 1. The van der Waals surface area contributed by atoms with E-state index in [4.69, 9.17) is 9.97 Å². The molecule has 0 spiro atoms. The summed E-state index contributed by atoms with van der Waals surface area (Å²) in [4.78, 5) is 36.6. The molecule has 192 valence electrons. The number of anilines is 1. The van der Waals surface area contributed by atoms with Crippen LogP contribution in [0.1, 0.15) is 73.6 Å². The summed E-state index contributed by atoms with van der Waals surface area (Å²) >= 11 is 2.92. The molecule has 11 heteroatoms. The minimum atomic E-state index is -0.574. The molecule has 1 aliphatic carbocycles. The van der Waals surface area contributed by atoms with Gasteiger partial charge in [0.05, 0.1) is 15.8 Å². The van der Waals surface area contributed by atoms with Gasteiger partial charge in [0.25, 0.3) is 5.91 Å². The highest BCUT2D eigenvalue weighted by Gasteiger charge is 2.29. The van der Waals surface area contributed by atoms with Gasteiger partial charge in [0.1, 0.15) is 17.3 Å². The number of rotatable bonds is 6. The van der Waals surface area contributed by atoms with E-state index in [2.05, 4.69) is 15.0 Å². The van der Waals surface area contributed by atoms with Crippen molar-refractivity contribution >= 4 is 50.7 Å². The number of hydrogen-bond acceptors (Lipinski definition) is 9. The number of hydrogen-bond donors (Lipinski definition) is 3. The zero-order valence-electron chi connectivity index (χ0n) is 20.6. The van der Waals surface area contributed by atoms with Crippen LogP contribution in [0.4, 0.5) is 5.82 Å². The largest absolute Gasteiger partial charge is 0.390 e. The van der Waals surface area contributed by atoms with Gasteiger partial charge < -0.3 is 20.6 Å². The van der Waals surface area contributed by atoms with E-state index < -0.39 is 5.60 Å². The van der Waals surface area contributed by atoms with Gasteiger partial charge >= 0.3 is 0 Å². The summed E-state index contributed by atoms with van der Waals surface area (Å²) in [7, 11) is 0. The first kappa shape index (κ1) is 25.0. The van der Waals surface area contributed by atoms with E-state index in [1.165, 1.54) is 11.5 Å². The second-order valence-electron chi connectivity index (χ2n) is 10.1. The fourth-order valence-electron chi connectivity index (χ4n) is 4.92. The van der Waals surface area contributed by atoms with Gasteiger partial charge in [0.2, 0.25) is 5.91 Å². The topological polar surface area (TPSA) is 120 Å². The van der Waals surface area contributed by atoms with Gasteiger partial charge in [-0.1, -0.05) is 0 Å². The van der Waals surface area contributed by atoms with E-state index in [1.807, 2.05) is 29.3 Å². The molecular weight excluding hydrogens is 496 g/mol. The third kappa shape index (κ3) is 5.84. The summed E-state index contributed by atoms with van der Waals surface area (Å²) in [5, 5.41) is 19.0. The molecule has 0 bridgehead atoms. The van der Waals surface area contributed by atoms with Gasteiger partial charge in [0, 0.05) is 43.4 Å². The molecule has 5 rings (SSSR count). The number of piperidine rings is 1. The average Bonchev–Trinajstić information content (AvgIpc) is 3.51. The van der Waals surface area contributed by atoms with E-state index in [1.54, 1.807) is 18.3 Å². The molecule has 1 saturated heterocycles. The highest BCUT2D eigenvalue weighted by atomic mass is 32.1. The van der Waals surface area contributed by atoms with Crippen LogP contribution in [0.15, 0.2) is 17.5 Å². The Morgan fingerprint density at radius 3 is 2.64 bits per heavy atom. The lowest BCUT2D eigenvalue weighted by molar-refractivity contribution is -0.129. The van der Waals surface area contributed by atoms with E-state index >= 15 is 0 Å². The minimum Gasteiger partial charge on any atom is -0.390 e.